The Kier molecular flexibility index (Phi) is 7.46. The van der Waals surface area contributed by atoms with Crippen molar-refractivity contribution >= 4 is 17.0 Å². The standard InChI is InChI=1S/C24H32N4O5/c1-27(2)11-6-12-32-17-8-5-7-16(13-17)14-25-24-26-18-9-3-4-10-19(18)28(24)23-22(31)21(30)20(15-29)33-23/h3-5,7-10,13,20-23,29-31H,6,11-12,14-15H2,1-2H3,(H,25,26)/t20-,21-,22-,23-/m1/s1. The van der Waals surface area contributed by atoms with E-state index in [1.807, 2.05) is 62.6 Å². The van der Waals surface area contributed by atoms with Gasteiger partial charge in [-0.05, 0) is 50.3 Å². The fraction of sp³-hybridized carbons (Fsp3) is 0.458. The minimum Gasteiger partial charge on any atom is -0.494 e. The second kappa shape index (κ2) is 10.5. The fourth-order valence-corrected chi connectivity index (χ4v) is 4.02. The number of nitrogens with zero attached hydrogens (tertiary/aromatic N) is 3. The molecule has 0 unspecified atom stereocenters. The lowest BCUT2D eigenvalue weighted by Gasteiger charge is -2.20. The molecule has 2 aromatic carbocycles. The highest BCUT2D eigenvalue weighted by Crippen LogP contribution is 2.35. The minimum absolute atomic E-state index is 0.383. The van der Waals surface area contributed by atoms with E-state index in [0.717, 1.165) is 35.3 Å². The zero-order chi connectivity index (χ0) is 23.4. The molecule has 2 heterocycles. The van der Waals surface area contributed by atoms with Crippen molar-refractivity contribution in [3.8, 4) is 5.75 Å². The molecule has 0 spiro atoms. The number of ether oxygens (including phenoxy) is 2. The first-order chi connectivity index (χ1) is 16.0. The van der Waals surface area contributed by atoms with Crippen LogP contribution in [0, 0.1) is 0 Å². The maximum absolute atomic E-state index is 10.6. The summed E-state index contributed by atoms with van der Waals surface area (Å²) in [4.78, 5) is 6.79. The average Bonchev–Trinajstić information content (AvgIpc) is 3.32. The van der Waals surface area contributed by atoms with Crippen LogP contribution in [-0.4, -0.2) is 81.9 Å². The molecule has 9 nitrogen and oxygen atoms in total. The molecule has 1 saturated heterocycles. The van der Waals surface area contributed by atoms with Crippen molar-refractivity contribution in [2.24, 2.45) is 0 Å². The molecule has 1 aliphatic heterocycles. The number of aromatic nitrogens is 2. The second-order valence-electron chi connectivity index (χ2n) is 8.53. The van der Waals surface area contributed by atoms with Gasteiger partial charge in [-0.25, -0.2) is 4.98 Å². The maximum atomic E-state index is 10.6. The molecule has 0 amide bonds. The topological polar surface area (TPSA) is 112 Å². The van der Waals surface area contributed by atoms with E-state index in [1.54, 1.807) is 4.57 Å². The molecule has 4 N–H and O–H groups in total. The fourth-order valence-electron chi connectivity index (χ4n) is 4.02. The summed E-state index contributed by atoms with van der Waals surface area (Å²) in [7, 11) is 4.08. The zero-order valence-corrected chi connectivity index (χ0v) is 19.0. The number of para-hydroxylation sites is 2. The quantitative estimate of drug-likeness (QED) is 0.340. The Balaban J connectivity index is 1.51. The molecule has 178 valence electrons. The van der Waals surface area contributed by atoms with Gasteiger partial charge in [0.25, 0.3) is 0 Å². The van der Waals surface area contributed by atoms with Gasteiger partial charge in [-0.15, -0.1) is 0 Å². The molecule has 1 fully saturated rings. The monoisotopic (exact) mass is 456 g/mol. The number of aliphatic hydroxyl groups is 3. The Labute approximate surface area is 193 Å². The number of aliphatic hydroxyl groups excluding tert-OH is 3. The summed E-state index contributed by atoms with van der Waals surface area (Å²) >= 11 is 0. The summed E-state index contributed by atoms with van der Waals surface area (Å²) in [6.07, 6.45) is -3.17. The van der Waals surface area contributed by atoms with Gasteiger partial charge in [-0.2, -0.15) is 0 Å². The van der Waals surface area contributed by atoms with E-state index in [0.29, 0.717) is 19.1 Å². The van der Waals surface area contributed by atoms with Crippen LogP contribution in [0.15, 0.2) is 48.5 Å². The molecule has 0 aliphatic carbocycles. The number of hydrogen-bond donors (Lipinski definition) is 4. The lowest BCUT2D eigenvalue weighted by Crippen LogP contribution is -2.33. The van der Waals surface area contributed by atoms with Gasteiger partial charge >= 0.3 is 0 Å². The molecular weight excluding hydrogens is 424 g/mol. The van der Waals surface area contributed by atoms with Gasteiger partial charge in [0.05, 0.1) is 24.2 Å². The molecule has 1 aliphatic rings. The number of fused-ring (bicyclic) bond motifs is 1. The highest BCUT2D eigenvalue weighted by Gasteiger charge is 2.44. The first-order valence-electron chi connectivity index (χ1n) is 11.2. The van der Waals surface area contributed by atoms with Crippen LogP contribution in [0.25, 0.3) is 11.0 Å². The number of rotatable bonds is 10. The van der Waals surface area contributed by atoms with E-state index in [9.17, 15) is 15.3 Å². The van der Waals surface area contributed by atoms with Gasteiger partial charge in [-0.3, -0.25) is 4.57 Å². The van der Waals surface area contributed by atoms with Gasteiger partial charge in [0.1, 0.15) is 24.1 Å². The van der Waals surface area contributed by atoms with Crippen molar-refractivity contribution in [2.45, 2.75) is 37.5 Å². The van der Waals surface area contributed by atoms with E-state index < -0.39 is 24.5 Å². The molecule has 33 heavy (non-hydrogen) atoms. The highest BCUT2D eigenvalue weighted by molar-refractivity contribution is 5.78. The van der Waals surface area contributed by atoms with Gasteiger partial charge in [0.2, 0.25) is 5.95 Å². The van der Waals surface area contributed by atoms with Crippen LogP contribution in [0.3, 0.4) is 0 Å². The van der Waals surface area contributed by atoms with Crippen LogP contribution in [0.1, 0.15) is 18.2 Å². The normalized spacial score (nSPS) is 22.8. The molecule has 3 aromatic rings. The van der Waals surface area contributed by atoms with E-state index in [1.165, 1.54) is 0 Å². The SMILES string of the molecule is CN(C)CCCOc1cccc(CNc2nc3ccccc3n2[C@@H]2O[C@H](CO)[C@@H](O)[C@H]2O)c1. The third kappa shape index (κ3) is 5.29. The Morgan fingerprint density at radius 2 is 1.94 bits per heavy atom. The smallest absolute Gasteiger partial charge is 0.206 e. The van der Waals surface area contributed by atoms with Crippen LogP contribution < -0.4 is 10.1 Å². The predicted molar refractivity (Wildman–Crippen MR) is 125 cm³/mol. The van der Waals surface area contributed by atoms with Crippen molar-refractivity contribution in [2.75, 3.05) is 39.2 Å². The molecule has 4 rings (SSSR count). The van der Waals surface area contributed by atoms with Crippen molar-refractivity contribution in [3.05, 3.63) is 54.1 Å². The van der Waals surface area contributed by atoms with Crippen LogP contribution in [0.2, 0.25) is 0 Å². The maximum Gasteiger partial charge on any atom is 0.206 e. The number of anilines is 1. The summed E-state index contributed by atoms with van der Waals surface area (Å²) in [6, 6.07) is 15.4. The molecular formula is C24H32N4O5. The van der Waals surface area contributed by atoms with Crippen molar-refractivity contribution in [3.63, 3.8) is 0 Å². The lowest BCUT2D eigenvalue weighted by atomic mass is 10.1. The Morgan fingerprint density at radius 1 is 1.12 bits per heavy atom. The van der Waals surface area contributed by atoms with Gasteiger partial charge in [0.15, 0.2) is 6.23 Å². The summed E-state index contributed by atoms with van der Waals surface area (Å²) in [5.41, 5.74) is 2.50. The first kappa shape index (κ1) is 23.5. The third-order valence-electron chi connectivity index (χ3n) is 5.73. The predicted octanol–water partition coefficient (Wildman–Crippen LogP) is 1.59. The number of imidazole rings is 1. The van der Waals surface area contributed by atoms with Crippen LogP contribution >= 0.6 is 0 Å². The van der Waals surface area contributed by atoms with Crippen LogP contribution in [0.5, 0.6) is 5.75 Å². The number of hydrogen-bond acceptors (Lipinski definition) is 8. The summed E-state index contributed by atoms with van der Waals surface area (Å²) in [5, 5.41) is 33.6. The molecule has 4 atom stereocenters. The van der Waals surface area contributed by atoms with Crippen LogP contribution in [-0.2, 0) is 11.3 Å². The first-order valence-corrected chi connectivity index (χ1v) is 11.2. The van der Waals surface area contributed by atoms with Crippen molar-refractivity contribution in [1.29, 1.82) is 0 Å². The molecule has 0 saturated carbocycles. The third-order valence-corrected chi connectivity index (χ3v) is 5.73. The molecule has 1 aromatic heterocycles. The molecule has 0 radical (unpaired) electrons. The van der Waals surface area contributed by atoms with Crippen molar-refractivity contribution < 1.29 is 24.8 Å². The molecule has 0 bridgehead atoms. The number of nitrogens with one attached hydrogen (secondary N) is 1. The Bertz CT molecular complexity index is 1060. The largest absolute Gasteiger partial charge is 0.494 e. The average molecular weight is 457 g/mol. The van der Waals surface area contributed by atoms with E-state index in [-0.39, 0.29) is 6.61 Å². The summed E-state index contributed by atoms with van der Waals surface area (Å²) in [5.74, 6) is 1.31. The minimum atomic E-state index is -1.20. The lowest BCUT2D eigenvalue weighted by molar-refractivity contribution is -0.0499. The molecule has 9 heteroatoms. The van der Waals surface area contributed by atoms with Gasteiger partial charge in [-0.1, -0.05) is 24.3 Å². The van der Waals surface area contributed by atoms with Gasteiger partial charge < -0.3 is 35.0 Å². The van der Waals surface area contributed by atoms with E-state index in [4.69, 9.17) is 9.47 Å². The zero-order valence-electron chi connectivity index (χ0n) is 19.0. The summed E-state index contributed by atoms with van der Waals surface area (Å²) < 4.78 is 13.4. The Morgan fingerprint density at radius 3 is 2.70 bits per heavy atom. The van der Waals surface area contributed by atoms with E-state index in [2.05, 4.69) is 15.2 Å². The Hall–Kier alpha value is -2.69. The second-order valence-corrected chi connectivity index (χ2v) is 8.53. The van der Waals surface area contributed by atoms with Gasteiger partial charge in [0, 0.05) is 13.1 Å². The van der Waals surface area contributed by atoms with E-state index >= 15 is 0 Å². The summed E-state index contributed by atoms with van der Waals surface area (Å²) in [6.45, 7) is 1.72. The number of benzene rings is 2. The highest BCUT2D eigenvalue weighted by atomic mass is 16.6. The van der Waals surface area contributed by atoms with Crippen LogP contribution in [0.4, 0.5) is 5.95 Å². The van der Waals surface area contributed by atoms with Crippen molar-refractivity contribution in [1.82, 2.24) is 14.5 Å².